The zero-order chi connectivity index (χ0) is 24.3. The van der Waals surface area contributed by atoms with Crippen LogP contribution in [0.3, 0.4) is 0 Å². The molecule has 0 saturated heterocycles. The number of hydrogen-bond donors (Lipinski definition) is 1. The van der Waals surface area contributed by atoms with Crippen LogP contribution in [-0.2, 0) is 6.42 Å². The van der Waals surface area contributed by atoms with Crippen molar-refractivity contribution in [1.29, 1.82) is 0 Å². The van der Waals surface area contributed by atoms with Gasteiger partial charge in [-0.1, -0.05) is 37.1 Å². The molecule has 1 atom stereocenters. The van der Waals surface area contributed by atoms with Gasteiger partial charge in [-0.25, -0.2) is 4.39 Å². The fourth-order valence-corrected chi connectivity index (χ4v) is 4.16. The Kier molecular flexibility index (Phi) is 7.76. The Bertz CT molecular complexity index is 1240. The summed E-state index contributed by atoms with van der Waals surface area (Å²) >= 11 is 5.92. The molecule has 0 aliphatic rings. The Morgan fingerprint density at radius 1 is 1.30 bits per heavy atom. The number of carbonyl (C=O) groups is 1. The minimum absolute atomic E-state index is 0.00161. The minimum atomic E-state index is -1.11. The van der Waals surface area contributed by atoms with Gasteiger partial charge in [0.2, 0.25) is 5.43 Å². The molecule has 1 aromatic heterocycles. The van der Waals surface area contributed by atoms with Crippen LogP contribution in [0.25, 0.3) is 10.9 Å². The van der Waals surface area contributed by atoms with Crippen molar-refractivity contribution in [2.45, 2.75) is 52.2 Å². The van der Waals surface area contributed by atoms with E-state index in [1.54, 1.807) is 28.8 Å². The first kappa shape index (κ1) is 24.7. The quantitative estimate of drug-likeness (QED) is 0.464. The van der Waals surface area contributed by atoms with Crippen LogP contribution in [0.4, 0.5) is 4.39 Å². The highest BCUT2D eigenvalue weighted by Gasteiger charge is 2.25. The molecule has 3 aromatic rings. The van der Waals surface area contributed by atoms with Crippen molar-refractivity contribution in [3.63, 3.8) is 0 Å². The van der Waals surface area contributed by atoms with Crippen LogP contribution in [0.15, 0.2) is 41.3 Å². The number of halogens is 2. The Hall–Kier alpha value is -2.90. The van der Waals surface area contributed by atoms with Crippen LogP contribution in [-0.4, -0.2) is 33.5 Å². The van der Waals surface area contributed by atoms with E-state index in [-0.39, 0.29) is 35.1 Å². The SMILES string of the molecule is CCC[C@@H](CO)n1cc(C(=O)[OH2+])c(=O)c2cc(Cc3cccc(Cl)c3F)cc(OC(C)C)c21. The Morgan fingerprint density at radius 3 is 2.64 bits per heavy atom. The van der Waals surface area contributed by atoms with Gasteiger partial charge in [-0.3, -0.25) is 4.79 Å². The van der Waals surface area contributed by atoms with E-state index in [0.717, 1.165) is 6.42 Å². The molecule has 1 heterocycles. The molecule has 0 spiro atoms. The Labute approximate surface area is 196 Å². The van der Waals surface area contributed by atoms with Gasteiger partial charge in [0.25, 0.3) is 0 Å². The maximum atomic E-state index is 14.5. The second-order valence-corrected chi connectivity index (χ2v) is 8.69. The van der Waals surface area contributed by atoms with Crippen molar-refractivity contribution in [1.82, 2.24) is 4.57 Å². The number of carbonyl (C=O) groups excluding carboxylic acids is 1. The van der Waals surface area contributed by atoms with Gasteiger partial charge in [-0.15, -0.1) is 0 Å². The normalized spacial score (nSPS) is 12.3. The van der Waals surface area contributed by atoms with E-state index in [4.69, 9.17) is 21.4 Å². The first-order valence-corrected chi connectivity index (χ1v) is 11.2. The van der Waals surface area contributed by atoms with E-state index >= 15 is 0 Å². The van der Waals surface area contributed by atoms with E-state index in [1.165, 1.54) is 12.3 Å². The van der Waals surface area contributed by atoms with Gasteiger partial charge < -0.3 is 19.5 Å². The lowest BCUT2D eigenvalue weighted by Crippen LogP contribution is -2.24. The van der Waals surface area contributed by atoms with Crippen LogP contribution in [0, 0.1) is 5.82 Å². The van der Waals surface area contributed by atoms with Crippen LogP contribution in [0.5, 0.6) is 5.75 Å². The third-order valence-electron chi connectivity index (χ3n) is 5.41. The van der Waals surface area contributed by atoms with Gasteiger partial charge in [-0.2, -0.15) is 0 Å². The monoisotopic (exact) mass is 476 g/mol. The summed E-state index contributed by atoms with van der Waals surface area (Å²) in [7, 11) is 0. The van der Waals surface area contributed by atoms with Crippen molar-refractivity contribution >= 4 is 28.5 Å². The lowest BCUT2D eigenvalue weighted by Gasteiger charge is -2.24. The molecule has 0 fully saturated rings. The number of aromatic nitrogens is 1. The van der Waals surface area contributed by atoms with E-state index in [2.05, 4.69) is 0 Å². The molecule has 33 heavy (non-hydrogen) atoms. The maximum absolute atomic E-state index is 14.5. The maximum Gasteiger partial charge on any atom is 0.554 e. The number of pyridine rings is 1. The summed E-state index contributed by atoms with van der Waals surface area (Å²) in [6.45, 7) is 5.44. The Morgan fingerprint density at radius 2 is 2.03 bits per heavy atom. The molecule has 3 N–H and O–H groups in total. The number of nitrogens with zero attached hydrogens (tertiary/aromatic N) is 1. The molecule has 6 nitrogen and oxygen atoms in total. The predicted octanol–water partition coefficient (Wildman–Crippen LogP) is 4.37. The van der Waals surface area contributed by atoms with Crippen LogP contribution < -0.4 is 10.2 Å². The van der Waals surface area contributed by atoms with Crippen LogP contribution >= 0.6 is 11.6 Å². The summed E-state index contributed by atoms with van der Waals surface area (Å²) in [6.07, 6.45) is 2.60. The second-order valence-electron chi connectivity index (χ2n) is 8.28. The van der Waals surface area contributed by atoms with E-state index < -0.39 is 23.3 Å². The average molecular weight is 477 g/mol. The standard InChI is InChI=1S/C25H27ClFNO5/c1-4-6-17(13-29)28-12-19(25(31)32)24(30)18-10-15(11-21(23(18)28)33-14(2)3)9-16-7-5-8-20(26)22(16)27/h5,7-8,10-12,14,17,29H,4,6,9,13H2,1-3H3,(H,31,32)/p+1/t17-/m0/s1. The lowest BCUT2D eigenvalue weighted by atomic mass is 10.00. The molecule has 8 heteroatoms. The molecule has 3 rings (SSSR count). The zero-order valence-corrected chi connectivity index (χ0v) is 19.6. The molecule has 0 aliphatic carbocycles. The molecule has 0 radical (unpaired) electrons. The van der Waals surface area contributed by atoms with Gasteiger partial charge in [0.15, 0.2) is 5.56 Å². The van der Waals surface area contributed by atoms with E-state index in [9.17, 15) is 19.1 Å². The number of aliphatic hydroxyl groups excluding tert-OH is 1. The number of rotatable bonds is 9. The largest absolute Gasteiger partial charge is 0.561 e. The second kappa shape index (κ2) is 10.4. The summed E-state index contributed by atoms with van der Waals surface area (Å²) in [5, 5.41) is 17.8. The minimum Gasteiger partial charge on any atom is -0.561 e. The van der Waals surface area contributed by atoms with Crippen molar-refractivity contribution in [3.05, 3.63) is 74.3 Å². The highest BCUT2D eigenvalue weighted by atomic mass is 35.5. The number of ether oxygens (including phenoxy) is 1. The average Bonchev–Trinajstić information content (AvgIpc) is 2.75. The number of fused-ring (bicyclic) bond motifs is 1. The molecular weight excluding hydrogens is 449 g/mol. The number of aliphatic hydroxyl groups is 1. The molecule has 2 aromatic carbocycles. The topological polar surface area (TPSA) is 91.4 Å². The van der Waals surface area contributed by atoms with Crippen LogP contribution in [0.1, 0.15) is 61.1 Å². The van der Waals surface area contributed by atoms with Gasteiger partial charge in [-0.05, 0) is 49.6 Å². The molecule has 0 amide bonds. The highest BCUT2D eigenvalue weighted by Crippen LogP contribution is 2.32. The summed E-state index contributed by atoms with van der Waals surface area (Å²) in [6, 6.07) is 7.63. The summed E-state index contributed by atoms with van der Waals surface area (Å²) in [5.74, 6) is -1.27. The third kappa shape index (κ3) is 5.20. The smallest absolute Gasteiger partial charge is 0.554 e. The molecule has 0 aliphatic heterocycles. The first-order chi connectivity index (χ1) is 15.7. The highest BCUT2D eigenvalue weighted by molar-refractivity contribution is 6.30. The van der Waals surface area contributed by atoms with Crippen LogP contribution in [0.2, 0.25) is 5.02 Å². The fourth-order valence-electron chi connectivity index (χ4n) is 3.96. The third-order valence-corrected chi connectivity index (χ3v) is 5.70. The van der Waals surface area contributed by atoms with E-state index in [0.29, 0.717) is 28.8 Å². The molecule has 176 valence electrons. The van der Waals surface area contributed by atoms with Gasteiger partial charge in [0.1, 0.15) is 11.6 Å². The van der Waals surface area contributed by atoms with Crippen molar-refractivity contribution in [3.8, 4) is 5.75 Å². The van der Waals surface area contributed by atoms with Crippen molar-refractivity contribution < 1.29 is 24.1 Å². The zero-order valence-electron chi connectivity index (χ0n) is 18.8. The first-order valence-electron chi connectivity index (χ1n) is 10.9. The van der Waals surface area contributed by atoms with Crippen molar-refractivity contribution in [2.75, 3.05) is 6.61 Å². The van der Waals surface area contributed by atoms with Gasteiger partial charge in [0, 0.05) is 17.4 Å². The van der Waals surface area contributed by atoms with Crippen molar-refractivity contribution in [2.24, 2.45) is 0 Å². The summed E-state index contributed by atoms with van der Waals surface area (Å²) < 4.78 is 22.2. The molecule has 0 bridgehead atoms. The lowest BCUT2D eigenvalue weighted by molar-refractivity contribution is 0.0694. The summed E-state index contributed by atoms with van der Waals surface area (Å²) in [5.41, 5.74) is 0.481. The predicted molar refractivity (Wildman–Crippen MR) is 127 cm³/mol. The number of hydrogen-bond acceptors (Lipinski definition) is 4. The Balaban J connectivity index is 2.35. The van der Waals surface area contributed by atoms with E-state index in [1.807, 2.05) is 20.8 Å². The molecule has 0 saturated carbocycles. The van der Waals surface area contributed by atoms with Gasteiger partial charge >= 0.3 is 5.97 Å². The molecule has 0 unspecified atom stereocenters. The fraction of sp³-hybridized carbons (Fsp3) is 0.360. The molecular formula is C25H28ClFNO5+. The summed E-state index contributed by atoms with van der Waals surface area (Å²) in [4.78, 5) is 25.1. The van der Waals surface area contributed by atoms with Gasteiger partial charge in [0.05, 0.1) is 34.7 Å². The number of benzene rings is 2.